The summed E-state index contributed by atoms with van der Waals surface area (Å²) in [4.78, 5) is 0. The van der Waals surface area contributed by atoms with Crippen molar-refractivity contribution < 1.29 is 22.6 Å². The Kier molecular flexibility index (Phi) is 4.79. The average molecular weight is 275 g/mol. The van der Waals surface area contributed by atoms with Gasteiger partial charge in [-0.05, 0) is 25.9 Å². The topological polar surface area (TPSA) is 30.5 Å². The van der Waals surface area contributed by atoms with Crippen molar-refractivity contribution in [2.45, 2.75) is 31.6 Å². The fourth-order valence-corrected chi connectivity index (χ4v) is 2.01. The summed E-state index contributed by atoms with van der Waals surface area (Å²) in [6.45, 7) is 1.50. The lowest BCUT2D eigenvalue weighted by Gasteiger charge is -2.28. The van der Waals surface area contributed by atoms with Gasteiger partial charge in [0, 0.05) is 5.56 Å². The van der Waals surface area contributed by atoms with Crippen LogP contribution in [0.1, 0.15) is 24.7 Å². The van der Waals surface area contributed by atoms with E-state index in [9.17, 15) is 13.2 Å². The Morgan fingerprint density at radius 1 is 1.11 bits per heavy atom. The second-order valence-corrected chi connectivity index (χ2v) is 4.39. The van der Waals surface area contributed by atoms with Gasteiger partial charge >= 0.3 is 6.36 Å². The number of hydrogen-bond donors (Lipinski definition) is 1. The minimum atomic E-state index is -4.71. The third kappa shape index (κ3) is 4.81. The van der Waals surface area contributed by atoms with E-state index >= 15 is 0 Å². The molecule has 1 aromatic rings. The molecular formula is C13H16F3NO2. The minimum absolute atomic E-state index is 0.214. The molecule has 0 saturated carbocycles. The van der Waals surface area contributed by atoms with Crippen molar-refractivity contribution in [3.63, 3.8) is 0 Å². The van der Waals surface area contributed by atoms with Crippen LogP contribution in [0.5, 0.6) is 0 Å². The van der Waals surface area contributed by atoms with Gasteiger partial charge in [-0.25, -0.2) is 0 Å². The van der Waals surface area contributed by atoms with E-state index in [4.69, 9.17) is 4.74 Å². The third-order valence-corrected chi connectivity index (χ3v) is 2.91. The van der Waals surface area contributed by atoms with E-state index < -0.39 is 12.7 Å². The highest BCUT2D eigenvalue weighted by molar-refractivity contribution is 5.16. The van der Waals surface area contributed by atoms with Gasteiger partial charge in [-0.3, -0.25) is 4.74 Å². The second kappa shape index (κ2) is 6.36. The summed E-state index contributed by atoms with van der Waals surface area (Å²) in [5, 5.41) is 3.13. The maximum absolute atomic E-state index is 12.4. The number of ether oxygens (including phenoxy) is 2. The molecule has 0 spiro atoms. The first-order chi connectivity index (χ1) is 9.04. The fourth-order valence-electron chi connectivity index (χ4n) is 2.01. The van der Waals surface area contributed by atoms with Gasteiger partial charge in [-0.2, -0.15) is 0 Å². The molecule has 0 aliphatic carbocycles. The Labute approximate surface area is 109 Å². The van der Waals surface area contributed by atoms with Crippen LogP contribution in [0.25, 0.3) is 0 Å². The van der Waals surface area contributed by atoms with E-state index in [2.05, 4.69) is 10.1 Å². The molecule has 1 aromatic carbocycles. The molecule has 0 bridgehead atoms. The highest BCUT2D eigenvalue weighted by atomic mass is 19.4. The third-order valence-electron chi connectivity index (χ3n) is 2.91. The molecule has 0 radical (unpaired) electrons. The molecule has 106 valence electrons. The van der Waals surface area contributed by atoms with Crippen LogP contribution in [-0.4, -0.2) is 25.6 Å². The zero-order chi connectivity index (χ0) is 13.7. The van der Waals surface area contributed by atoms with Gasteiger partial charge < -0.3 is 10.1 Å². The Balaban J connectivity index is 2.05. The lowest BCUT2D eigenvalue weighted by atomic mass is 10.1. The van der Waals surface area contributed by atoms with Crippen molar-refractivity contribution >= 4 is 0 Å². The van der Waals surface area contributed by atoms with Gasteiger partial charge in [-0.15, -0.1) is 13.2 Å². The molecule has 1 fully saturated rings. The summed E-state index contributed by atoms with van der Waals surface area (Å²) in [5.41, 5.74) is 0.373. The van der Waals surface area contributed by atoms with E-state index in [1.165, 1.54) is 0 Å². The van der Waals surface area contributed by atoms with Crippen LogP contribution in [0.3, 0.4) is 0 Å². The summed E-state index contributed by atoms with van der Waals surface area (Å²) in [6.07, 6.45) is -4.96. The van der Waals surface area contributed by atoms with E-state index in [1.54, 1.807) is 30.3 Å². The summed E-state index contributed by atoms with van der Waals surface area (Å²) < 4.78 is 46.8. The van der Waals surface area contributed by atoms with Crippen molar-refractivity contribution in [1.29, 1.82) is 0 Å². The van der Waals surface area contributed by atoms with Crippen molar-refractivity contribution in [3.05, 3.63) is 35.9 Å². The van der Waals surface area contributed by atoms with Crippen LogP contribution < -0.4 is 5.32 Å². The molecule has 1 aliphatic heterocycles. The Morgan fingerprint density at radius 3 is 2.32 bits per heavy atom. The lowest BCUT2D eigenvalue weighted by molar-refractivity contribution is -0.387. The molecule has 1 heterocycles. The number of rotatable bonds is 4. The molecule has 2 rings (SSSR count). The number of piperidine rings is 1. The molecule has 1 unspecified atom stereocenters. The molecule has 1 atom stereocenters. The first-order valence-electron chi connectivity index (χ1n) is 6.20. The van der Waals surface area contributed by atoms with Gasteiger partial charge in [-0.1, -0.05) is 30.3 Å². The van der Waals surface area contributed by atoms with Gasteiger partial charge in [0.2, 0.25) is 0 Å². The fraction of sp³-hybridized carbons (Fsp3) is 0.538. The van der Waals surface area contributed by atoms with Crippen LogP contribution in [-0.2, 0) is 9.47 Å². The Bertz CT molecular complexity index is 377. The summed E-state index contributed by atoms with van der Waals surface area (Å²) >= 11 is 0. The molecule has 1 aliphatic rings. The van der Waals surface area contributed by atoms with Crippen LogP contribution in [0.4, 0.5) is 13.2 Å². The second-order valence-electron chi connectivity index (χ2n) is 4.39. The molecule has 6 heteroatoms. The predicted octanol–water partition coefficient (Wildman–Crippen LogP) is 2.99. The highest BCUT2D eigenvalue weighted by Gasteiger charge is 2.36. The number of benzene rings is 1. The van der Waals surface area contributed by atoms with Crippen LogP contribution in [0, 0.1) is 0 Å². The molecule has 19 heavy (non-hydrogen) atoms. The Morgan fingerprint density at radius 2 is 1.74 bits per heavy atom. The predicted molar refractivity (Wildman–Crippen MR) is 63.3 cm³/mol. The zero-order valence-electron chi connectivity index (χ0n) is 10.3. The Hall–Kier alpha value is -1.11. The largest absolute Gasteiger partial charge is 0.525 e. The number of halogens is 3. The number of alkyl halides is 3. The monoisotopic (exact) mass is 275 g/mol. The molecule has 1 N–H and O–H groups in total. The van der Waals surface area contributed by atoms with Crippen LogP contribution >= 0.6 is 0 Å². The molecule has 3 nitrogen and oxygen atoms in total. The maximum atomic E-state index is 12.4. The smallest absolute Gasteiger partial charge is 0.345 e. The molecule has 1 saturated heterocycles. The van der Waals surface area contributed by atoms with Gasteiger partial charge in [0.15, 0.2) is 6.29 Å². The van der Waals surface area contributed by atoms with Crippen molar-refractivity contribution in [1.82, 2.24) is 5.32 Å². The van der Waals surface area contributed by atoms with E-state index in [0.717, 1.165) is 13.1 Å². The average Bonchev–Trinajstić information content (AvgIpc) is 2.39. The molecule has 0 amide bonds. The quantitative estimate of drug-likeness (QED) is 0.857. The van der Waals surface area contributed by atoms with Crippen molar-refractivity contribution in [2.75, 3.05) is 13.1 Å². The summed E-state index contributed by atoms with van der Waals surface area (Å²) in [7, 11) is 0. The van der Waals surface area contributed by atoms with E-state index in [1.807, 2.05) is 0 Å². The van der Waals surface area contributed by atoms with E-state index in [-0.39, 0.29) is 6.10 Å². The van der Waals surface area contributed by atoms with Gasteiger partial charge in [0.25, 0.3) is 0 Å². The first-order valence-corrected chi connectivity index (χ1v) is 6.20. The van der Waals surface area contributed by atoms with Gasteiger partial charge in [0.1, 0.15) is 0 Å². The highest BCUT2D eigenvalue weighted by Crippen LogP contribution is 2.30. The van der Waals surface area contributed by atoms with Crippen LogP contribution in [0.2, 0.25) is 0 Å². The maximum Gasteiger partial charge on any atom is 0.525 e. The number of nitrogens with one attached hydrogen (secondary N) is 1. The first kappa shape index (κ1) is 14.3. The standard InChI is InChI=1S/C13H16F3NO2/c14-13(15,16)19-12(10-4-2-1-3-5-10)18-11-6-8-17-9-7-11/h1-5,11-12,17H,6-9H2. The summed E-state index contributed by atoms with van der Waals surface area (Å²) in [5.74, 6) is 0. The number of hydrogen-bond acceptors (Lipinski definition) is 3. The minimum Gasteiger partial charge on any atom is -0.345 e. The van der Waals surface area contributed by atoms with Gasteiger partial charge in [0.05, 0.1) is 6.10 Å². The molecule has 0 aromatic heterocycles. The van der Waals surface area contributed by atoms with Crippen LogP contribution in [0.15, 0.2) is 30.3 Å². The van der Waals surface area contributed by atoms with E-state index in [0.29, 0.717) is 18.4 Å². The van der Waals surface area contributed by atoms with Crippen molar-refractivity contribution in [3.8, 4) is 0 Å². The van der Waals surface area contributed by atoms with Crippen molar-refractivity contribution in [2.24, 2.45) is 0 Å². The molecular weight excluding hydrogens is 259 g/mol. The zero-order valence-corrected chi connectivity index (χ0v) is 10.3. The normalized spacial score (nSPS) is 19.3. The SMILES string of the molecule is FC(F)(F)OC(OC1CCNCC1)c1ccccc1. The summed E-state index contributed by atoms with van der Waals surface area (Å²) in [6, 6.07) is 8.19. The lowest BCUT2D eigenvalue weighted by Crippen LogP contribution is -2.34.